The standard InChI is InChI=1S/C16H24FNOS/c1-3-5-13(2)12-16(19)18-10-4-11-20-15-8-6-14(17)7-9-15/h6-9,13H,3-5,10-12H2,1-2H3,(H,18,19). The zero-order valence-corrected chi connectivity index (χ0v) is 13.1. The first-order valence-electron chi connectivity index (χ1n) is 7.27. The van der Waals surface area contributed by atoms with Crippen LogP contribution in [0.2, 0.25) is 0 Å². The summed E-state index contributed by atoms with van der Waals surface area (Å²) in [5.41, 5.74) is 0. The Hall–Kier alpha value is -1.03. The number of benzene rings is 1. The molecule has 0 radical (unpaired) electrons. The molecule has 4 heteroatoms. The van der Waals surface area contributed by atoms with Crippen molar-refractivity contribution < 1.29 is 9.18 Å². The molecule has 0 spiro atoms. The average molecular weight is 297 g/mol. The van der Waals surface area contributed by atoms with Crippen LogP contribution in [-0.4, -0.2) is 18.2 Å². The largest absolute Gasteiger partial charge is 0.356 e. The molecule has 0 aliphatic carbocycles. The van der Waals surface area contributed by atoms with E-state index in [-0.39, 0.29) is 11.7 Å². The minimum Gasteiger partial charge on any atom is -0.356 e. The molecule has 0 saturated heterocycles. The molecule has 1 aromatic rings. The minimum atomic E-state index is -0.206. The van der Waals surface area contributed by atoms with Crippen LogP contribution in [0.4, 0.5) is 4.39 Å². The highest BCUT2D eigenvalue weighted by atomic mass is 32.2. The Bertz CT molecular complexity index is 394. The summed E-state index contributed by atoms with van der Waals surface area (Å²) in [6.07, 6.45) is 3.78. The second-order valence-corrected chi connectivity index (χ2v) is 6.27. The van der Waals surface area contributed by atoms with Crippen LogP contribution in [-0.2, 0) is 4.79 Å². The molecule has 2 nitrogen and oxygen atoms in total. The molecular formula is C16H24FNOS. The average Bonchev–Trinajstić information content (AvgIpc) is 2.40. The summed E-state index contributed by atoms with van der Waals surface area (Å²) in [6.45, 7) is 4.97. The van der Waals surface area contributed by atoms with Crippen molar-refractivity contribution in [2.75, 3.05) is 12.3 Å². The van der Waals surface area contributed by atoms with E-state index in [0.29, 0.717) is 18.9 Å². The lowest BCUT2D eigenvalue weighted by atomic mass is 10.0. The van der Waals surface area contributed by atoms with E-state index in [1.165, 1.54) is 12.1 Å². The molecule has 1 rings (SSSR count). The predicted molar refractivity (Wildman–Crippen MR) is 83.4 cm³/mol. The first-order chi connectivity index (χ1) is 9.61. The Labute approximate surface area is 125 Å². The van der Waals surface area contributed by atoms with Crippen LogP contribution >= 0.6 is 11.8 Å². The first kappa shape index (κ1) is 17.0. The van der Waals surface area contributed by atoms with E-state index < -0.39 is 0 Å². The lowest BCUT2D eigenvalue weighted by molar-refractivity contribution is -0.121. The fourth-order valence-electron chi connectivity index (χ4n) is 2.00. The fourth-order valence-corrected chi connectivity index (χ4v) is 2.86. The number of amides is 1. The van der Waals surface area contributed by atoms with E-state index in [2.05, 4.69) is 19.2 Å². The summed E-state index contributed by atoms with van der Waals surface area (Å²) < 4.78 is 12.7. The molecule has 112 valence electrons. The highest BCUT2D eigenvalue weighted by Gasteiger charge is 2.07. The second-order valence-electron chi connectivity index (χ2n) is 5.10. The van der Waals surface area contributed by atoms with E-state index in [9.17, 15) is 9.18 Å². The van der Waals surface area contributed by atoms with Gasteiger partial charge in [0.1, 0.15) is 5.82 Å². The van der Waals surface area contributed by atoms with Crippen LogP contribution in [0.5, 0.6) is 0 Å². The number of thioether (sulfide) groups is 1. The maximum Gasteiger partial charge on any atom is 0.220 e. The molecule has 20 heavy (non-hydrogen) atoms. The van der Waals surface area contributed by atoms with Gasteiger partial charge in [0.25, 0.3) is 0 Å². The number of hydrogen-bond acceptors (Lipinski definition) is 2. The molecule has 0 aliphatic rings. The quantitative estimate of drug-likeness (QED) is 0.545. The third kappa shape index (κ3) is 7.53. The normalized spacial score (nSPS) is 12.2. The maximum atomic E-state index is 12.7. The van der Waals surface area contributed by atoms with E-state index in [0.717, 1.165) is 29.9 Å². The number of hydrogen-bond donors (Lipinski definition) is 1. The van der Waals surface area contributed by atoms with Gasteiger partial charge in [-0.05, 0) is 42.4 Å². The van der Waals surface area contributed by atoms with Crippen molar-refractivity contribution in [2.45, 2.75) is 44.4 Å². The number of carbonyl (C=O) groups is 1. The Morgan fingerprint density at radius 1 is 1.35 bits per heavy atom. The van der Waals surface area contributed by atoms with Crippen molar-refractivity contribution in [1.29, 1.82) is 0 Å². The predicted octanol–water partition coefficient (Wildman–Crippen LogP) is 4.25. The lowest BCUT2D eigenvalue weighted by Gasteiger charge is -2.10. The molecule has 1 amide bonds. The van der Waals surface area contributed by atoms with Crippen LogP contribution in [0, 0.1) is 11.7 Å². The van der Waals surface area contributed by atoms with Gasteiger partial charge < -0.3 is 5.32 Å². The number of halogens is 1. The van der Waals surface area contributed by atoms with Gasteiger partial charge in [-0.2, -0.15) is 0 Å². The summed E-state index contributed by atoms with van der Waals surface area (Å²) in [7, 11) is 0. The third-order valence-electron chi connectivity index (χ3n) is 3.04. The molecule has 1 unspecified atom stereocenters. The smallest absolute Gasteiger partial charge is 0.220 e. The van der Waals surface area contributed by atoms with E-state index in [4.69, 9.17) is 0 Å². The molecule has 0 heterocycles. The van der Waals surface area contributed by atoms with Crippen molar-refractivity contribution in [1.82, 2.24) is 5.32 Å². The first-order valence-corrected chi connectivity index (χ1v) is 8.25. The molecular weight excluding hydrogens is 273 g/mol. The van der Waals surface area contributed by atoms with Crippen LogP contribution in [0.25, 0.3) is 0 Å². The van der Waals surface area contributed by atoms with Gasteiger partial charge >= 0.3 is 0 Å². The van der Waals surface area contributed by atoms with E-state index in [1.54, 1.807) is 23.9 Å². The fraction of sp³-hybridized carbons (Fsp3) is 0.562. The van der Waals surface area contributed by atoms with Crippen LogP contribution in [0.15, 0.2) is 29.2 Å². The molecule has 1 atom stereocenters. The SMILES string of the molecule is CCCC(C)CC(=O)NCCCSc1ccc(F)cc1. The number of rotatable bonds is 9. The van der Waals surface area contributed by atoms with Gasteiger partial charge in [-0.1, -0.05) is 26.7 Å². The molecule has 0 saturated carbocycles. The Kier molecular flexibility index (Phi) is 8.35. The van der Waals surface area contributed by atoms with Gasteiger partial charge in [-0.25, -0.2) is 4.39 Å². The van der Waals surface area contributed by atoms with Gasteiger partial charge in [0.05, 0.1) is 0 Å². The Morgan fingerprint density at radius 3 is 2.70 bits per heavy atom. The number of nitrogens with one attached hydrogen (secondary N) is 1. The van der Waals surface area contributed by atoms with Crippen molar-refractivity contribution in [3.63, 3.8) is 0 Å². The van der Waals surface area contributed by atoms with Gasteiger partial charge in [0, 0.05) is 17.9 Å². The van der Waals surface area contributed by atoms with Crippen LogP contribution < -0.4 is 5.32 Å². The summed E-state index contributed by atoms with van der Waals surface area (Å²) in [5, 5.41) is 2.96. The summed E-state index contributed by atoms with van der Waals surface area (Å²) in [5.74, 6) is 1.34. The zero-order valence-electron chi connectivity index (χ0n) is 12.3. The van der Waals surface area contributed by atoms with E-state index in [1.807, 2.05) is 0 Å². The summed E-state index contributed by atoms with van der Waals surface area (Å²) in [6, 6.07) is 6.51. The molecule has 0 fully saturated rings. The van der Waals surface area contributed by atoms with Crippen LogP contribution in [0.3, 0.4) is 0 Å². The van der Waals surface area contributed by atoms with Crippen molar-refractivity contribution >= 4 is 17.7 Å². The monoisotopic (exact) mass is 297 g/mol. The van der Waals surface area contributed by atoms with E-state index >= 15 is 0 Å². The van der Waals surface area contributed by atoms with Crippen molar-refractivity contribution in [3.05, 3.63) is 30.1 Å². The Morgan fingerprint density at radius 2 is 2.05 bits per heavy atom. The van der Waals surface area contributed by atoms with Crippen LogP contribution in [0.1, 0.15) is 39.5 Å². The van der Waals surface area contributed by atoms with Gasteiger partial charge in [0.2, 0.25) is 5.91 Å². The Balaban J connectivity index is 2.07. The lowest BCUT2D eigenvalue weighted by Crippen LogP contribution is -2.26. The second kappa shape index (κ2) is 9.81. The van der Waals surface area contributed by atoms with Gasteiger partial charge in [-0.3, -0.25) is 4.79 Å². The topological polar surface area (TPSA) is 29.1 Å². The molecule has 1 aromatic carbocycles. The zero-order chi connectivity index (χ0) is 14.8. The summed E-state index contributed by atoms with van der Waals surface area (Å²) in [4.78, 5) is 12.7. The minimum absolute atomic E-state index is 0.151. The summed E-state index contributed by atoms with van der Waals surface area (Å²) >= 11 is 1.68. The maximum absolute atomic E-state index is 12.7. The van der Waals surface area contributed by atoms with Crippen molar-refractivity contribution in [3.8, 4) is 0 Å². The molecule has 0 aromatic heterocycles. The molecule has 0 aliphatic heterocycles. The highest BCUT2D eigenvalue weighted by molar-refractivity contribution is 7.99. The van der Waals surface area contributed by atoms with Gasteiger partial charge in [0.15, 0.2) is 0 Å². The molecule has 1 N–H and O–H groups in total. The third-order valence-corrected chi connectivity index (χ3v) is 4.14. The number of carbonyl (C=O) groups excluding carboxylic acids is 1. The molecule has 0 bridgehead atoms. The van der Waals surface area contributed by atoms with Crippen molar-refractivity contribution in [2.24, 2.45) is 5.92 Å². The highest BCUT2D eigenvalue weighted by Crippen LogP contribution is 2.18. The van der Waals surface area contributed by atoms with Gasteiger partial charge in [-0.15, -0.1) is 11.8 Å².